The van der Waals surface area contributed by atoms with Gasteiger partial charge in [-0.05, 0) is 24.3 Å². The van der Waals surface area contributed by atoms with E-state index in [9.17, 15) is 0 Å². The Labute approximate surface area is 193 Å². The number of alkyl halides is 1. The van der Waals surface area contributed by atoms with Crippen LogP contribution >= 0.6 is 11.6 Å². The molecule has 0 saturated heterocycles. The highest BCUT2D eigenvalue weighted by Crippen LogP contribution is 2.34. The quantitative estimate of drug-likeness (QED) is 0.233. The molecule has 6 heteroatoms. The first-order valence-corrected chi connectivity index (χ1v) is 11.1. The topological polar surface area (TPSA) is 63.0 Å². The lowest BCUT2D eigenvalue weighted by Crippen LogP contribution is -2.36. The number of benzene rings is 4. The Morgan fingerprint density at radius 1 is 0.576 bits per heavy atom. The van der Waals surface area contributed by atoms with E-state index in [4.69, 9.17) is 20.4 Å². The van der Waals surface area contributed by atoms with E-state index in [1.54, 1.807) is 0 Å². The van der Waals surface area contributed by atoms with Crippen molar-refractivity contribution >= 4 is 67.1 Å². The lowest BCUT2D eigenvalue weighted by molar-refractivity contribution is 0.668. The third-order valence-electron chi connectivity index (χ3n) is 6.02. The largest absolute Gasteiger partial charge is 0.456 e. The fourth-order valence-corrected chi connectivity index (χ4v) is 4.83. The van der Waals surface area contributed by atoms with Gasteiger partial charge in [0, 0.05) is 32.7 Å². The predicted octanol–water partition coefficient (Wildman–Crippen LogP) is 6.80. The minimum atomic E-state index is -0.752. The Morgan fingerprint density at radius 3 is 1.55 bits per heavy atom. The zero-order valence-corrected chi connectivity index (χ0v) is 18.0. The minimum Gasteiger partial charge on any atom is -0.456 e. The lowest BCUT2D eigenvalue weighted by atomic mass is 10.0. The fourth-order valence-electron chi connectivity index (χ4n) is 4.64. The number of para-hydroxylation sites is 2. The van der Waals surface area contributed by atoms with Crippen molar-refractivity contribution in [3.8, 4) is 0 Å². The third-order valence-corrected chi connectivity index (χ3v) is 6.22. The molecule has 1 aliphatic rings. The van der Waals surface area contributed by atoms with Gasteiger partial charge in [0.25, 0.3) is 0 Å². The van der Waals surface area contributed by atoms with Crippen molar-refractivity contribution in [3.05, 3.63) is 96.1 Å². The highest BCUT2D eigenvalue weighted by molar-refractivity contribution is 6.30. The predicted molar refractivity (Wildman–Crippen MR) is 133 cm³/mol. The van der Waals surface area contributed by atoms with Gasteiger partial charge in [-0.1, -0.05) is 72.3 Å². The van der Waals surface area contributed by atoms with Crippen LogP contribution in [-0.2, 0) is 0 Å². The monoisotopic (exact) mass is 449 g/mol. The molecule has 1 N–H and O–H groups in total. The number of amidine groups is 2. The molecule has 158 valence electrons. The summed E-state index contributed by atoms with van der Waals surface area (Å²) < 4.78 is 12.1. The van der Waals surface area contributed by atoms with Crippen LogP contribution in [0.25, 0.3) is 43.9 Å². The number of nitrogens with one attached hydrogen (secondary N) is 1. The van der Waals surface area contributed by atoms with E-state index in [1.807, 2.05) is 72.8 Å². The first kappa shape index (κ1) is 18.5. The maximum absolute atomic E-state index is 6.53. The minimum absolute atomic E-state index is 0.655. The molecule has 0 unspecified atom stereocenters. The molecule has 0 radical (unpaired) electrons. The van der Waals surface area contributed by atoms with Crippen molar-refractivity contribution in [2.24, 2.45) is 9.98 Å². The highest BCUT2D eigenvalue weighted by atomic mass is 35.5. The number of rotatable bonds is 2. The van der Waals surface area contributed by atoms with Crippen LogP contribution in [0.3, 0.4) is 0 Å². The highest BCUT2D eigenvalue weighted by Gasteiger charge is 2.23. The summed E-state index contributed by atoms with van der Waals surface area (Å²) in [4.78, 5) is 9.23. The normalized spacial score (nSPS) is 14.7. The summed E-state index contributed by atoms with van der Waals surface area (Å²) in [6, 6.07) is 27.9. The van der Waals surface area contributed by atoms with Crippen LogP contribution in [0.1, 0.15) is 11.1 Å². The molecule has 33 heavy (non-hydrogen) atoms. The first-order valence-electron chi connectivity index (χ1n) is 10.6. The maximum Gasteiger partial charge on any atom is 0.219 e. The van der Waals surface area contributed by atoms with Gasteiger partial charge >= 0.3 is 0 Å². The molecule has 0 aliphatic carbocycles. The Balaban J connectivity index is 1.41. The van der Waals surface area contributed by atoms with Gasteiger partial charge in [0.05, 0.1) is 0 Å². The molecule has 7 rings (SSSR count). The van der Waals surface area contributed by atoms with Gasteiger partial charge in [0.15, 0.2) is 0 Å². The molecule has 5 nitrogen and oxygen atoms in total. The first-order chi connectivity index (χ1) is 16.3. The zero-order valence-electron chi connectivity index (χ0n) is 17.2. The van der Waals surface area contributed by atoms with Crippen LogP contribution in [0, 0.1) is 0 Å². The standard InChI is InChI=1S/C27H16ClN3O2/c28-27-30-25(17-9-5-13-21-23(17)15-7-1-3-11-19(15)32-21)29-26(31-27)18-10-6-14-22-24(18)16-8-2-4-12-20(16)33-22/h1-14,27H,(H,29,30,31). The molecule has 0 atom stereocenters. The van der Waals surface area contributed by atoms with Crippen molar-refractivity contribution in [2.45, 2.75) is 5.62 Å². The van der Waals surface area contributed by atoms with Gasteiger partial charge in [-0.2, -0.15) is 0 Å². The molecule has 6 aromatic rings. The van der Waals surface area contributed by atoms with E-state index in [2.05, 4.69) is 27.4 Å². The molecular formula is C27H16ClN3O2. The molecule has 0 bridgehead atoms. The average Bonchev–Trinajstić information content (AvgIpc) is 3.42. The number of aliphatic imine (C=N–C) groups is 2. The van der Waals surface area contributed by atoms with Gasteiger partial charge in [-0.15, -0.1) is 0 Å². The summed E-state index contributed by atoms with van der Waals surface area (Å²) in [5.41, 5.74) is 4.36. The molecule has 0 fully saturated rings. The Hall–Kier alpha value is -4.09. The SMILES string of the molecule is ClC1N=C(c2cccc3oc4ccccc4c23)NC(c2cccc3oc4ccccc4c23)=N1. The number of hydrogen-bond donors (Lipinski definition) is 1. The average molecular weight is 450 g/mol. The van der Waals surface area contributed by atoms with Gasteiger partial charge in [-0.3, -0.25) is 0 Å². The van der Waals surface area contributed by atoms with Gasteiger partial charge in [0.2, 0.25) is 5.62 Å². The molecule has 3 heterocycles. The number of hydrogen-bond acceptors (Lipinski definition) is 5. The van der Waals surface area contributed by atoms with Crippen molar-refractivity contribution < 1.29 is 8.83 Å². The lowest BCUT2D eigenvalue weighted by Gasteiger charge is -2.20. The van der Waals surface area contributed by atoms with Crippen molar-refractivity contribution in [3.63, 3.8) is 0 Å². The summed E-state index contributed by atoms with van der Waals surface area (Å²) in [6.07, 6.45) is 0. The number of halogens is 1. The van der Waals surface area contributed by atoms with Crippen LogP contribution in [-0.4, -0.2) is 17.3 Å². The van der Waals surface area contributed by atoms with E-state index in [-0.39, 0.29) is 0 Å². The summed E-state index contributed by atoms with van der Waals surface area (Å²) >= 11 is 6.53. The van der Waals surface area contributed by atoms with Gasteiger partial charge in [0.1, 0.15) is 34.0 Å². The third kappa shape index (κ3) is 2.79. The molecule has 4 aromatic carbocycles. The van der Waals surface area contributed by atoms with Crippen molar-refractivity contribution in [1.29, 1.82) is 0 Å². The van der Waals surface area contributed by atoms with Crippen LogP contribution in [0.5, 0.6) is 0 Å². The molecule has 0 amide bonds. The maximum atomic E-state index is 6.53. The Bertz CT molecular complexity index is 1650. The number of furan rings is 2. The zero-order chi connectivity index (χ0) is 21.9. The van der Waals surface area contributed by atoms with E-state index in [0.29, 0.717) is 11.7 Å². The Morgan fingerprint density at radius 2 is 1.03 bits per heavy atom. The summed E-state index contributed by atoms with van der Waals surface area (Å²) in [6.45, 7) is 0. The number of fused-ring (bicyclic) bond motifs is 6. The van der Waals surface area contributed by atoms with Gasteiger partial charge in [-0.25, -0.2) is 9.98 Å². The van der Waals surface area contributed by atoms with Gasteiger partial charge < -0.3 is 14.2 Å². The second-order valence-electron chi connectivity index (χ2n) is 7.94. The second-order valence-corrected chi connectivity index (χ2v) is 8.34. The summed E-state index contributed by atoms with van der Waals surface area (Å²) in [5.74, 6) is 1.31. The molecule has 2 aromatic heterocycles. The van der Waals surface area contributed by atoms with Crippen LogP contribution < -0.4 is 5.32 Å². The smallest absolute Gasteiger partial charge is 0.219 e. The van der Waals surface area contributed by atoms with E-state index in [0.717, 1.165) is 55.0 Å². The molecular weight excluding hydrogens is 434 g/mol. The fraction of sp³-hybridized carbons (Fsp3) is 0.0370. The van der Waals surface area contributed by atoms with Crippen LogP contribution in [0.4, 0.5) is 0 Å². The molecule has 0 spiro atoms. The van der Waals surface area contributed by atoms with E-state index < -0.39 is 5.62 Å². The van der Waals surface area contributed by atoms with E-state index in [1.165, 1.54) is 0 Å². The van der Waals surface area contributed by atoms with Crippen LogP contribution in [0.2, 0.25) is 0 Å². The van der Waals surface area contributed by atoms with Crippen molar-refractivity contribution in [2.75, 3.05) is 0 Å². The summed E-state index contributed by atoms with van der Waals surface area (Å²) in [7, 11) is 0. The van der Waals surface area contributed by atoms with Crippen molar-refractivity contribution in [1.82, 2.24) is 5.32 Å². The number of nitrogens with zero attached hydrogens (tertiary/aromatic N) is 2. The molecule has 1 aliphatic heterocycles. The Kier molecular flexibility index (Phi) is 3.89. The van der Waals surface area contributed by atoms with E-state index >= 15 is 0 Å². The van der Waals surface area contributed by atoms with Crippen LogP contribution in [0.15, 0.2) is 104 Å². The molecule has 0 saturated carbocycles. The summed E-state index contributed by atoms with van der Waals surface area (Å²) in [5, 5.41) is 7.50. The second kappa shape index (κ2) is 6.95.